The van der Waals surface area contributed by atoms with E-state index in [1.165, 1.54) is 62.2 Å². The van der Waals surface area contributed by atoms with Gasteiger partial charge < -0.3 is 0 Å². The number of hydrogen-bond donors (Lipinski definition) is 0. The molecule has 0 bridgehead atoms. The molecule has 0 N–H and O–H groups in total. The van der Waals surface area contributed by atoms with E-state index < -0.39 is 0 Å². The Bertz CT molecular complexity index is 940. The molecule has 0 radical (unpaired) electrons. The van der Waals surface area contributed by atoms with Crippen molar-refractivity contribution in [3.63, 3.8) is 0 Å². The van der Waals surface area contributed by atoms with E-state index >= 15 is 0 Å². The van der Waals surface area contributed by atoms with Gasteiger partial charge in [-0.2, -0.15) is 0 Å². The van der Waals surface area contributed by atoms with Crippen LogP contribution in [0.3, 0.4) is 0 Å². The van der Waals surface area contributed by atoms with Gasteiger partial charge in [-0.05, 0) is 5.92 Å². The zero-order valence-electron chi connectivity index (χ0n) is 24.4. The van der Waals surface area contributed by atoms with Gasteiger partial charge in [-0.1, -0.05) is 13.8 Å². The van der Waals surface area contributed by atoms with E-state index in [0.29, 0.717) is 22.5 Å². The van der Waals surface area contributed by atoms with E-state index in [1.54, 1.807) is 7.11 Å². The third-order valence-corrected chi connectivity index (χ3v) is 15.0. The Balaban J connectivity index is 1.31. The molecule has 0 saturated heterocycles. The number of methoxy groups -OCH3 is 1. The number of benzene rings is 1. The number of carbonyl (C=O) groups is 1. The summed E-state index contributed by atoms with van der Waals surface area (Å²) in [7, 11) is 1.73. The molecule has 9 atom stereocenters. The number of Topliss-reactive ketones (excluding diaryl/α,β-unsaturated/α-hetero) is 1. The molecular formula is C34H52O2Se. The van der Waals surface area contributed by atoms with Crippen molar-refractivity contribution < 1.29 is 9.53 Å². The molecule has 4 aliphatic carbocycles. The topological polar surface area (TPSA) is 26.3 Å². The van der Waals surface area contributed by atoms with Crippen molar-refractivity contribution in [2.75, 3.05) is 7.11 Å². The van der Waals surface area contributed by atoms with Crippen LogP contribution in [0.15, 0.2) is 24.3 Å². The molecule has 37 heavy (non-hydrogen) atoms. The predicted molar refractivity (Wildman–Crippen MR) is 156 cm³/mol. The number of carbonyl (C=O) groups excluding carboxylic acids is 1. The van der Waals surface area contributed by atoms with Crippen LogP contribution < -0.4 is 9.20 Å². The average Bonchev–Trinajstić information content (AvgIpc) is 3.23. The van der Waals surface area contributed by atoms with Gasteiger partial charge in [0.2, 0.25) is 0 Å². The van der Waals surface area contributed by atoms with E-state index in [2.05, 4.69) is 58.9 Å². The Morgan fingerprint density at radius 2 is 1.59 bits per heavy atom. The van der Waals surface area contributed by atoms with Crippen LogP contribution in [0.25, 0.3) is 0 Å². The molecule has 0 aromatic heterocycles. The third-order valence-electron chi connectivity index (χ3n) is 12.1. The van der Waals surface area contributed by atoms with Crippen LogP contribution in [0, 0.1) is 52.3 Å². The molecule has 0 spiro atoms. The van der Waals surface area contributed by atoms with Gasteiger partial charge in [0.1, 0.15) is 0 Å². The fourth-order valence-electron chi connectivity index (χ4n) is 10.1. The first-order valence-electron chi connectivity index (χ1n) is 15.5. The Hall–Kier alpha value is -0.791. The summed E-state index contributed by atoms with van der Waals surface area (Å²) in [5, 5.41) is 0. The van der Waals surface area contributed by atoms with E-state index in [-0.39, 0.29) is 19.8 Å². The molecule has 0 heterocycles. The summed E-state index contributed by atoms with van der Waals surface area (Å²) in [6, 6.07) is 8.55. The second-order valence-corrected chi connectivity index (χ2v) is 16.8. The Morgan fingerprint density at radius 3 is 2.30 bits per heavy atom. The molecule has 4 fully saturated rings. The van der Waals surface area contributed by atoms with Crippen LogP contribution in [0.5, 0.6) is 5.75 Å². The molecule has 2 nitrogen and oxygen atoms in total. The number of ether oxygens (including phenoxy) is 1. The van der Waals surface area contributed by atoms with Gasteiger partial charge in [-0.3, -0.25) is 0 Å². The van der Waals surface area contributed by atoms with Crippen molar-refractivity contribution in [1.29, 1.82) is 0 Å². The van der Waals surface area contributed by atoms with Crippen LogP contribution in [0.1, 0.15) is 105 Å². The fraction of sp³-hybridized carbons (Fsp3) is 0.794. The van der Waals surface area contributed by atoms with Crippen molar-refractivity contribution >= 4 is 25.2 Å². The summed E-state index contributed by atoms with van der Waals surface area (Å²) in [4.78, 5) is 13.6. The Morgan fingerprint density at radius 1 is 0.892 bits per heavy atom. The molecule has 1 aromatic carbocycles. The maximum absolute atomic E-state index is 13.3. The van der Waals surface area contributed by atoms with Crippen LogP contribution >= 0.6 is 0 Å². The van der Waals surface area contributed by atoms with Gasteiger partial charge >= 0.3 is 214 Å². The monoisotopic (exact) mass is 572 g/mol. The van der Waals surface area contributed by atoms with Crippen molar-refractivity contribution in [3.05, 3.63) is 24.3 Å². The molecular weight excluding hydrogens is 519 g/mol. The van der Waals surface area contributed by atoms with Crippen LogP contribution in [-0.4, -0.2) is 27.8 Å². The fourth-order valence-corrected chi connectivity index (χ4v) is 13.1. The standard InChI is InChI=1S/C34H52O2Se/c1-22(2)8-7-9-23(3)27-16-17-28-26-14-15-30-32(37-25-12-10-24(36-6)11-13-25)31(35)19-21-34(30,5)29(26)18-20-33(27,28)4/h10-13,22-23,26-30,32H,7-9,14-21H2,1-6H3/t23?,26?,27-,28?,29?,30-,32-,33-,34-/m1/s1. The summed E-state index contributed by atoms with van der Waals surface area (Å²) in [5.41, 5.74) is 0.913. The first kappa shape index (κ1) is 27.8. The zero-order valence-corrected chi connectivity index (χ0v) is 26.1. The van der Waals surface area contributed by atoms with E-state index in [1.807, 2.05) is 0 Å². The second kappa shape index (κ2) is 11.0. The molecule has 0 amide bonds. The Kier molecular flexibility index (Phi) is 8.25. The second-order valence-electron chi connectivity index (χ2n) is 14.3. The van der Waals surface area contributed by atoms with Gasteiger partial charge in [0.25, 0.3) is 0 Å². The SMILES string of the molecule is COc1ccc([Se][C@H]2C(=O)CC[C@]3(C)C4CC[C@@]5(C)C(CC[C@@H]5C(C)CCCC(C)C)C4CC[C@H]23)cc1. The van der Waals surface area contributed by atoms with Gasteiger partial charge in [0.05, 0.1) is 0 Å². The molecule has 4 unspecified atom stereocenters. The van der Waals surface area contributed by atoms with Crippen molar-refractivity contribution in [3.8, 4) is 5.75 Å². The van der Waals surface area contributed by atoms with Gasteiger partial charge in [-0.25, -0.2) is 0 Å². The average molecular weight is 572 g/mol. The molecule has 4 saturated carbocycles. The van der Waals surface area contributed by atoms with Crippen molar-refractivity contribution in [2.45, 2.75) is 110 Å². The van der Waals surface area contributed by atoms with Crippen LogP contribution in [0.4, 0.5) is 0 Å². The van der Waals surface area contributed by atoms with E-state index in [0.717, 1.165) is 54.1 Å². The molecule has 0 aliphatic heterocycles. The molecule has 206 valence electrons. The quantitative estimate of drug-likeness (QED) is 0.295. The third kappa shape index (κ3) is 5.11. The van der Waals surface area contributed by atoms with E-state index in [4.69, 9.17) is 4.74 Å². The number of ketones is 1. The van der Waals surface area contributed by atoms with Crippen molar-refractivity contribution in [1.82, 2.24) is 0 Å². The van der Waals surface area contributed by atoms with E-state index in [9.17, 15) is 4.79 Å². The molecule has 4 aliphatic rings. The molecule has 5 rings (SSSR count). The van der Waals surface area contributed by atoms with Gasteiger partial charge in [0, 0.05) is 0 Å². The number of fused-ring (bicyclic) bond motifs is 5. The van der Waals surface area contributed by atoms with Gasteiger partial charge in [0.15, 0.2) is 0 Å². The summed E-state index contributed by atoms with van der Waals surface area (Å²) in [6.07, 6.45) is 14.6. The first-order chi connectivity index (χ1) is 17.7. The maximum atomic E-state index is 13.3. The summed E-state index contributed by atoms with van der Waals surface area (Å²) in [6.45, 7) is 12.7. The minimum atomic E-state index is 0.218. The molecule has 3 heteroatoms. The molecule has 1 aromatic rings. The van der Waals surface area contributed by atoms with Crippen LogP contribution in [-0.2, 0) is 4.79 Å². The summed E-state index contributed by atoms with van der Waals surface area (Å²) >= 11 is 0.218. The van der Waals surface area contributed by atoms with Gasteiger partial charge in [-0.15, -0.1) is 0 Å². The normalized spacial score (nSPS) is 40.1. The Labute approximate surface area is 233 Å². The minimum absolute atomic E-state index is 0.218. The predicted octanol–water partition coefficient (Wildman–Crippen LogP) is 8.11. The summed E-state index contributed by atoms with van der Waals surface area (Å²) < 4.78 is 6.74. The van der Waals surface area contributed by atoms with Crippen molar-refractivity contribution in [2.24, 2.45) is 52.3 Å². The van der Waals surface area contributed by atoms with Crippen LogP contribution in [0.2, 0.25) is 4.82 Å². The zero-order chi connectivity index (χ0) is 26.4. The summed E-state index contributed by atoms with van der Waals surface area (Å²) in [5.74, 6) is 7.36. The first-order valence-corrected chi connectivity index (χ1v) is 17.4. The number of hydrogen-bond acceptors (Lipinski definition) is 2. The number of rotatable bonds is 8.